The summed E-state index contributed by atoms with van der Waals surface area (Å²) < 4.78 is 0. The van der Waals surface area contributed by atoms with Crippen LogP contribution >= 0.6 is 34.8 Å². The molecule has 0 heterocycles. The monoisotopic (exact) mass is 307 g/mol. The van der Waals surface area contributed by atoms with E-state index in [1.54, 1.807) is 48.5 Å². The van der Waals surface area contributed by atoms with Crippen molar-refractivity contribution in [3.8, 4) is 6.07 Å². The number of hydrogen-bond acceptors (Lipinski definition) is 1. The Kier molecular flexibility index (Phi) is 4.50. The van der Waals surface area contributed by atoms with Gasteiger partial charge in [-0.2, -0.15) is 5.26 Å². The van der Waals surface area contributed by atoms with Crippen molar-refractivity contribution >= 4 is 46.5 Å². The second kappa shape index (κ2) is 6.12. The van der Waals surface area contributed by atoms with Gasteiger partial charge in [0.05, 0.1) is 11.6 Å². The lowest BCUT2D eigenvalue weighted by Crippen LogP contribution is -1.83. The molecular formula is C15H8Cl3N. The second-order valence-corrected chi connectivity index (χ2v) is 5.12. The molecule has 2 aromatic rings. The summed E-state index contributed by atoms with van der Waals surface area (Å²) in [5.41, 5.74) is 2.05. The number of nitriles is 1. The number of nitrogens with zero attached hydrogens (tertiary/aromatic N) is 1. The lowest BCUT2D eigenvalue weighted by Gasteiger charge is -2.02. The van der Waals surface area contributed by atoms with Crippen LogP contribution in [0.2, 0.25) is 15.1 Å². The van der Waals surface area contributed by atoms with Crippen LogP contribution in [-0.2, 0) is 0 Å². The molecule has 0 amide bonds. The maximum absolute atomic E-state index is 9.24. The van der Waals surface area contributed by atoms with Crippen molar-refractivity contribution in [2.24, 2.45) is 0 Å². The third-order valence-corrected chi connectivity index (χ3v) is 3.35. The standard InChI is InChI=1S/C15H8Cl3N/c16-13-4-1-10(2-5-13)12(9-19)7-11-3-6-14(17)8-15(11)18/h1-8H. The van der Waals surface area contributed by atoms with Crippen molar-refractivity contribution in [2.75, 3.05) is 0 Å². The quantitative estimate of drug-likeness (QED) is 0.515. The van der Waals surface area contributed by atoms with Gasteiger partial charge in [0.1, 0.15) is 0 Å². The molecule has 0 spiro atoms. The zero-order valence-electron chi connectivity index (χ0n) is 9.70. The SMILES string of the molecule is N#CC(=Cc1ccc(Cl)cc1Cl)c1ccc(Cl)cc1. The molecule has 4 heteroatoms. The van der Waals surface area contributed by atoms with E-state index in [4.69, 9.17) is 34.8 Å². The predicted octanol–water partition coefficient (Wildman–Crippen LogP) is 5.71. The minimum Gasteiger partial charge on any atom is -0.192 e. The molecule has 0 saturated heterocycles. The molecule has 0 aromatic heterocycles. The molecule has 19 heavy (non-hydrogen) atoms. The average Bonchev–Trinajstić information content (AvgIpc) is 2.39. The van der Waals surface area contributed by atoms with Gasteiger partial charge in [-0.05, 0) is 41.5 Å². The van der Waals surface area contributed by atoms with Gasteiger partial charge in [0.25, 0.3) is 0 Å². The minimum absolute atomic E-state index is 0.509. The van der Waals surface area contributed by atoms with Crippen LogP contribution in [0.1, 0.15) is 11.1 Å². The van der Waals surface area contributed by atoms with Gasteiger partial charge in [-0.15, -0.1) is 0 Å². The molecule has 0 unspecified atom stereocenters. The predicted molar refractivity (Wildman–Crippen MR) is 81.4 cm³/mol. The van der Waals surface area contributed by atoms with E-state index in [-0.39, 0.29) is 0 Å². The molecule has 0 bridgehead atoms. The van der Waals surface area contributed by atoms with Crippen molar-refractivity contribution in [1.29, 1.82) is 5.26 Å². The Morgan fingerprint density at radius 2 is 1.58 bits per heavy atom. The summed E-state index contributed by atoms with van der Waals surface area (Å²) in [5.74, 6) is 0. The van der Waals surface area contributed by atoms with Gasteiger partial charge in [-0.3, -0.25) is 0 Å². The van der Waals surface area contributed by atoms with E-state index in [0.717, 1.165) is 11.1 Å². The van der Waals surface area contributed by atoms with Crippen LogP contribution in [0.25, 0.3) is 11.6 Å². The highest BCUT2D eigenvalue weighted by molar-refractivity contribution is 6.35. The third-order valence-electron chi connectivity index (χ3n) is 2.54. The normalized spacial score (nSPS) is 11.2. The molecule has 2 rings (SSSR count). The largest absolute Gasteiger partial charge is 0.192 e. The Hall–Kier alpha value is -1.46. The van der Waals surface area contributed by atoms with Crippen LogP contribution in [0.5, 0.6) is 0 Å². The summed E-state index contributed by atoms with van der Waals surface area (Å²) in [6, 6.07) is 14.4. The number of allylic oxidation sites excluding steroid dienone is 1. The fourth-order valence-electron chi connectivity index (χ4n) is 1.58. The van der Waals surface area contributed by atoms with Crippen LogP contribution in [-0.4, -0.2) is 0 Å². The second-order valence-electron chi connectivity index (χ2n) is 3.84. The Morgan fingerprint density at radius 1 is 0.947 bits per heavy atom. The first-order chi connectivity index (χ1) is 9.10. The lowest BCUT2D eigenvalue weighted by molar-refractivity contribution is 1.52. The minimum atomic E-state index is 0.509. The van der Waals surface area contributed by atoms with Gasteiger partial charge in [-0.25, -0.2) is 0 Å². The first-order valence-corrected chi connectivity index (χ1v) is 6.56. The van der Waals surface area contributed by atoms with E-state index in [9.17, 15) is 5.26 Å². The van der Waals surface area contributed by atoms with E-state index in [1.165, 1.54) is 0 Å². The highest BCUT2D eigenvalue weighted by Crippen LogP contribution is 2.26. The topological polar surface area (TPSA) is 23.8 Å². The molecule has 0 saturated carbocycles. The number of rotatable bonds is 2. The van der Waals surface area contributed by atoms with Gasteiger partial charge in [-0.1, -0.05) is 53.0 Å². The molecule has 0 aliphatic rings. The van der Waals surface area contributed by atoms with Crippen molar-refractivity contribution in [3.63, 3.8) is 0 Å². The van der Waals surface area contributed by atoms with Crippen LogP contribution in [0, 0.1) is 11.3 Å². The highest BCUT2D eigenvalue weighted by atomic mass is 35.5. The average molecular weight is 309 g/mol. The summed E-state index contributed by atoms with van der Waals surface area (Å²) in [7, 11) is 0. The number of hydrogen-bond donors (Lipinski definition) is 0. The van der Waals surface area contributed by atoms with Gasteiger partial charge >= 0.3 is 0 Å². The third kappa shape index (κ3) is 3.52. The van der Waals surface area contributed by atoms with Crippen molar-refractivity contribution < 1.29 is 0 Å². The van der Waals surface area contributed by atoms with Crippen molar-refractivity contribution in [3.05, 3.63) is 68.7 Å². The number of benzene rings is 2. The summed E-state index contributed by atoms with van der Waals surface area (Å²) in [4.78, 5) is 0. The Balaban J connectivity index is 2.44. The van der Waals surface area contributed by atoms with Crippen molar-refractivity contribution in [1.82, 2.24) is 0 Å². The summed E-state index contributed by atoms with van der Waals surface area (Å²) in [6.07, 6.45) is 1.72. The van der Waals surface area contributed by atoms with Crippen LogP contribution in [0.3, 0.4) is 0 Å². The fraction of sp³-hybridized carbons (Fsp3) is 0. The molecule has 0 fully saturated rings. The van der Waals surface area contributed by atoms with Crippen LogP contribution in [0.15, 0.2) is 42.5 Å². The molecule has 1 nitrogen and oxygen atoms in total. The van der Waals surface area contributed by atoms with E-state index in [2.05, 4.69) is 6.07 Å². The Bertz CT molecular complexity index is 667. The summed E-state index contributed by atoms with van der Waals surface area (Å²) in [5, 5.41) is 10.9. The van der Waals surface area contributed by atoms with E-state index in [0.29, 0.717) is 20.6 Å². The molecule has 0 aliphatic carbocycles. The molecular weight excluding hydrogens is 301 g/mol. The fourth-order valence-corrected chi connectivity index (χ4v) is 2.17. The van der Waals surface area contributed by atoms with Crippen LogP contribution in [0.4, 0.5) is 0 Å². The Labute approximate surface area is 126 Å². The first-order valence-electron chi connectivity index (χ1n) is 5.43. The maximum Gasteiger partial charge on any atom is 0.0998 e. The first kappa shape index (κ1) is 14.0. The molecule has 2 aromatic carbocycles. The van der Waals surface area contributed by atoms with Gasteiger partial charge in [0.15, 0.2) is 0 Å². The maximum atomic E-state index is 9.24. The van der Waals surface area contributed by atoms with E-state index >= 15 is 0 Å². The zero-order chi connectivity index (χ0) is 13.8. The smallest absolute Gasteiger partial charge is 0.0998 e. The van der Waals surface area contributed by atoms with Crippen molar-refractivity contribution in [2.45, 2.75) is 0 Å². The molecule has 0 radical (unpaired) electrons. The van der Waals surface area contributed by atoms with Gasteiger partial charge < -0.3 is 0 Å². The highest BCUT2D eigenvalue weighted by Gasteiger charge is 2.04. The van der Waals surface area contributed by atoms with E-state index < -0.39 is 0 Å². The van der Waals surface area contributed by atoms with Gasteiger partial charge in [0, 0.05) is 15.1 Å². The molecule has 0 aliphatic heterocycles. The number of halogens is 3. The van der Waals surface area contributed by atoms with E-state index in [1.807, 2.05) is 0 Å². The molecule has 94 valence electrons. The summed E-state index contributed by atoms with van der Waals surface area (Å²) in [6.45, 7) is 0. The van der Waals surface area contributed by atoms with Gasteiger partial charge in [0.2, 0.25) is 0 Å². The Morgan fingerprint density at radius 3 is 2.16 bits per heavy atom. The molecule has 0 N–H and O–H groups in total. The molecule has 0 atom stereocenters. The van der Waals surface area contributed by atoms with Crippen LogP contribution < -0.4 is 0 Å². The summed E-state index contributed by atoms with van der Waals surface area (Å²) >= 11 is 17.7. The zero-order valence-corrected chi connectivity index (χ0v) is 12.0. The lowest BCUT2D eigenvalue weighted by atomic mass is 10.0.